The van der Waals surface area contributed by atoms with Gasteiger partial charge >= 0.3 is 5.97 Å². The third-order valence-corrected chi connectivity index (χ3v) is 5.80. The van der Waals surface area contributed by atoms with Gasteiger partial charge in [-0.15, -0.1) is 11.3 Å². The second-order valence-corrected chi connectivity index (χ2v) is 7.71. The number of halogens is 2. The summed E-state index contributed by atoms with van der Waals surface area (Å²) in [5.41, 5.74) is 1.44. The van der Waals surface area contributed by atoms with E-state index in [0.717, 1.165) is 22.4 Å². The average Bonchev–Trinajstić information content (AvgIpc) is 3.03. The van der Waals surface area contributed by atoms with Crippen LogP contribution in [0, 0.1) is 0 Å². The normalized spacial score (nSPS) is 10.6. The molecule has 0 fully saturated rings. The van der Waals surface area contributed by atoms with Crippen molar-refractivity contribution >= 4 is 58.1 Å². The van der Waals surface area contributed by atoms with Crippen LogP contribution < -0.4 is 4.72 Å². The summed E-state index contributed by atoms with van der Waals surface area (Å²) in [5.74, 6) is -1.18. The van der Waals surface area contributed by atoms with Gasteiger partial charge in [-0.25, -0.2) is 4.79 Å². The van der Waals surface area contributed by atoms with E-state index in [4.69, 9.17) is 23.2 Å². The molecule has 25 heavy (non-hydrogen) atoms. The van der Waals surface area contributed by atoms with E-state index in [2.05, 4.69) is 4.72 Å². The molecule has 4 nitrogen and oxygen atoms in total. The van der Waals surface area contributed by atoms with Gasteiger partial charge in [0.25, 0.3) is 0 Å². The Morgan fingerprint density at radius 2 is 1.72 bits per heavy atom. The minimum Gasteiger partial charge on any atom is -0.505 e. The number of nitrogens with one attached hydrogen (secondary N) is 1. The van der Waals surface area contributed by atoms with E-state index >= 15 is 0 Å². The Morgan fingerprint density at radius 3 is 2.32 bits per heavy atom. The van der Waals surface area contributed by atoms with Crippen LogP contribution >= 0.6 is 46.5 Å². The summed E-state index contributed by atoms with van der Waals surface area (Å²) in [4.78, 5) is 13.2. The van der Waals surface area contributed by atoms with Crippen LogP contribution in [-0.4, -0.2) is 16.2 Å². The molecule has 0 saturated carbocycles. The average molecular weight is 412 g/mol. The molecule has 1 aromatic heterocycles. The van der Waals surface area contributed by atoms with Gasteiger partial charge in [0.1, 0.15) is 4.88 Å². The monoisotopic (exact) mass is 411 g/mol. The van der Waals surface area contributed by atoms with Gasteiger partial charge in [-0.05, 0) is 35.7 Å². The van der Waals surface area contributed by atoms with E-state index in [9.17, 15) is 15.0 Å². The summed E-state index contributed by atoms with van der Waals surface area (Å²) < 4.78 is 3.02. The van der Waals surface area contributed by atoms with Gasteiger partial charge < -0.3 is 14.9 Å². The number of carbonyl (C=O) groups is 1. The SMILES string of the molecule is O=C(O)c1sc(-c2ccccc2)cc1NSc1cc(Cl)c(O)c(Cl)c1. The maximum atomic E-state index is 11.5. The third-order valence-electron chi connectivity index (χ3n) is 3.25. The highest BCUT2D eigenvalue weighted by Crippen LogP contribution is 2.39. The number of thiophene rings is 1. The van der Waals surface area contributed by atoms with Gasteiger partial charge in [-0.1, -0.05) is 53.5 Å². The first-order chi connectivity index (χ1) is 12.0. The molecule has 0 atom stereocenters. The van der Waals surface area contributed by atoms with Crippen LogP contribution in [0.1, 0.15) is 9.67 Å². The number of anilines is 1. The van der Waals surface area contributed by atoms with Crippen LogP contribution in [0.4, 0.5) is 5.69 Å². The van der Waals surface area contributed by atoms with Gasteiger partial charge in [0.2, 0.25) is 0 Å². The number of phenolic OH excluding ortho intramolecular Hbond substituents is 1. The highest BCUT2D eigenvalue weighted by Gasteiger charge is 2.17. The maximum Gasteiger partial charge on any atom is 0.348 e. The lowest BCUT2D eigenvalue weighted by molar-refractivity contribution is 0.0703. The molecular weight excluding hydrogens is 401 g/mol. The fraction of sp³-hybridized carbons (Fsp3) is 0. The van der Waals surface area contributed by atoms with Gasteiger partial charge in [-0.3, -0.25) is 0 Å². The van der Waals surface area contributed by atoms with Crippen molar-refractivity contribution in [1.82, 2.24) is 0 Å². The molecule has 0 saturated heterocycles. The van der Waals surface area contributed by atoms with Crippen LogP contribution in [0.5, 0.6) is 5.75 Å². The zero-order valence-corrected chi connectivity index (χ0v) is 15.6. The summed E-state index contributed by atoms with van der Waals surface area (Å²) >= 11 is 14.2. The Morgan fingerprint density at radius 1 is 1.08 bits per heavy atom. The zero-order chi connectivity index (χ0) is 18.0. The molecule has 3 N–H and O–H groups in total. The number of aromatic carboxylic acids is 1. The van der Waals surface area contributed by atoms with Crippen LogP contribution in [0.15, 0.2) is 53.4 Å². The van der Waals surface area contributed by atoms with Crippen molar-refractivity contribution in [1.29, 1.82) is 0 Å². The van der Waals surface area contributed by atoms with E-state index in [1.54, 1.807) is 18.2 Å². The molecular formula is C17H11Cl2NO3S2. The Kier molecular flexibility index (Phi) is 5.44. The van der Waals surface area contributed by atoms with Gasteiger partial charge in [0, 0.05) is 9.77 Å². The van der Waals surface area contributed by atoms with E-state index in [1.807, 2.05) is 30.3 Å². The molecule has 3 aromatic rings. The van der Waals surface area contributed by atoms with Gasteiger partial charge in [0.15, 0.2) is 5.75 Å². The minimum absolute atomic E-state index is 0.130. The number of benzene rings is 2. The van der Waals surface area contributed by atoms with Crippen molar-refractivity contribution in [2.45, 2.75) is 4.90 Å². The number of hydrogen-bond donors (Lipinski definition) is 3. The van der Waals surface area contributed by atoms with Crippen LogP contribution in [0.3, 0.4) is 0 Å². The first-order valence-corrected chi connectivity index (χ1v) is 9.38. The van der Waals surface area contributed by atoms with Crippen molar-refractivity contribution in [3.05, 3.63) is 63.5 Å². The quantitative estimate of drug-likeness (QED) is 0.433. The molecule has 128 valence electrons. The minimum atomic E-state index is -1.00. The summed E-state index contributed by atoms with van der Waals surface area (Å²) in [6.07, 6.45) is 0. The largest absolute Gasteiger partial charge is 0.505 e. The first kappa shape index (κ1) is 17.9. The number of phenols is 1. The lowest BCUT2D eigenvalue weighted by Crippen LogP contribution is -1.96. The van der Waals surface area contributed by atoms with E-state index in [-0.39, 0.29) is 20.7 Å². The van der Waals surface area contributed by atoms with Crippen LogP contribution in [0.25, 0.3) is 10.4 Å². The highest BCUT2D eigenvalue weighted by atomic mass is 35.5. The number of hydrogen-bond acceptors (Lipinski definition) is 5. The van der Waals surface area contributed by atoms with E-state index in [0.29, 0.717) is 10.6 Å². The molecule has 0 spiro atoms. The number of carboxylic acid groups (broad SMARTS) is 1. The molecule has 0 amide bonds. The highest BCUT2D eigenvalue weighted by molar-refractivity contribution is 8.00. The molecule has 1 heterocycles. The lowest BCUT2D eigenvalue weighted by Gasteiger charge is -2.07. The Hall–Kier alpha value is -1.86. The summed E-state index contributed by atoms with van der Waals surface area (Å²) in [6, 6.07) is 14.4. The zero-order valence-electron chi connectivity index (χ0n) is 12.5. The van der Waals surface area contributed by atoms with Gasteiger partial charge in [-0.2, -0.15) is 0 Å². The molecule has 0 radical (unpaired) electrons. The molecule has 0 aliphatic carbocycles. The third kappa shape index (κ3) is 4.04. The smallest absolute Gasteiger partial charge is 0.348 e. The number of rotatable bonds is 5. The molecule has 0 bridgehead atoms. The van der Waals surface area contributed by atoms with Crippen LogP contribution in [0.2, 0.25) is 10.0 Å². The van der Waals surface area contributed by atoms with Gasteiger partial charge in [0.05, 0.1) is 15.7 Å². The van der Waals surface area contributed by atoms with Crippen molar-refractivity contribution < 1.29 is 15.0 Å². The fourth-order valence-electron chi connectivity index (χ4n) is 2.09. The lowest BCUT2D eigenvalue weighted by atomic mass is 10.2. The summed E-state index contributed by atoms with van der Waals surface area (Å²) in [5, 5.41) is 19.3. The molecule has 0 aliphatic rings. The predicted octanol–water partition coefficient (Wildman–Crippen LogP) is 6.24. The molecule has 3 rings (SSSR count). The van der Waals surface area contributed by atoms with Crippen LogP contribution in [-0.2, 0) is 0 Å². The fourth-order valence-corrected chi connectivity index (χ4v) is 4.47. The topological polar surface area (TPSA) is 69.6 Å². The number of aromatic hydroxyl groups is 1. The second-order valence-electron chi connectivity index (χ2n) is 4.96. The van der Waals surface area contributed by atoms with E-state index in [1.165, 1.54) is 11.3 Å². The Labute approximate surface area is 162 Å². The molecule has 2 aromatic carbocycles. The maximum absolute atomic E-state index is 11.5. The predicted molar refractivity (Wildman–Crippen MR) is 104 cm³/mol. The van der Waals surface area contributed by atoms with Crippen molar-refractivity contribution in [2.24, 2.45) is 0 Å². The summed E-state index contributed by atoms with van der Waals surface area (Å²) in [6.45, 7) is 0. The van der Waals surface area contributed by atoms with Crippen molar-refractivity contribution in [3.8, 4) is 16.2 Å². The molecule has 0 unspecified atom stereocenters. The standard InChI is InChI=1S/C17H11Cl2NO3S2/c18-11-6-10(7-12(19)15(11)21)25-20-13-8-14(24-16(13)17(22)23)9-4-2-1-3-5-9/h1-8,20-21H,(H,22,23). The Balaban J connectivity index is 1.87. The molecule has 8 heteroatoms. The second kappa shape index (κ2) is 7.58. The summed E-state index contributed by atoms with van der Waals surface area (Å²) in [7, 11) is 0. The number of carboxylic acids is 1. The first-order valence-electron chi connectivity index (χ1n) is 6.99. The van der Waals surface area contributed by atoms with Crippen molar-refractivity contribution in [3.63, 3.8) is 0 Å². The molecule has 0 aliphatic heterocycles. The Bertz CT molecular complexity index is 906. The van der Waals surface area contributed by atoms with E-state index < -0.39 is 5.97 Å². The van der Waals surface area contributed by atoms with Crippen molar-refractivity contribution in [2.75, 3.05) is 4.72 Å².